The predicted octanol–water partition coefficient (Wildman–Crippen LogP) is 13.2. The lowest BCUT2D eigenvalue weighted by Gasteiger charge is -2.32. The van der Waals surface area contributed by atoms with Gasteiger partial charge >= 0.3 is 0 Å². The first-order valence-electron chi connectivity index (χ1n) is 18.7. The number of hydrogen-bond donors (Lipinski definition) is 0. The average molecular weight is 546 g/mol. The second kappa shape index (κ2) is 30.7. The fourth-order valence-electron chi connectivity index (χ4n) is 6.53. The van der Waals surface area contributed by atoms with Crippen LogP contribution in [0.1, 0.15) is 206 Å². The zero-order valence-electron chi connectivity index (χ0n) is 27.5. The highest BCUT2D eigenvalue weighted by atomic mass is 15.1. The summed E-state index contributed by atoms with van der Waals surface area (Å²) in [5, 5.41) is 0. The van der Waals surface area contributed by atoms with Crippen LogP contribution in [0.15, 0.2) is 12.2 Å². The van der Waals surface area contributed by atoms with Crippen LogP contribution in [-0.2, 0) is 0 Å². The third kappa shape index (κ3) is 26.4. The zero-order chi connectivity index (χ0) is 27.9. The molecule has 0 amide bonds. The molecule has 1 fully saturated rings. The van der Waals surface area contributed by atoms with Gasteiger partial charge in [0.1, 0.15) is 0 Å². The van der Waals surface area contributed by atoms with Gasteiger partial charge in [0.15, 0.2) is 0 Å². The van der Waals surface area contributed by atoms with Crippen LogP contribution in [-0.4, -0.2) is 24.5 Å². The molecule has 0 saturated carbocycles. The van der Waals surface area contributed by atoms with E-state index in [-0.39, 0.29) is 0 Å². The topological polar surface area (TPSA) is 3.24 Å². The molecule has 1 saturated heterocycles. The van der Waals surface area contributed by atoms with Gasteiger partial charge in [0.25, 0.3) is 0 Å². The quantitative estimate of drug-likeness (QED) is 0.0640. The molecule has 1 aliphatic rings. The van der Waals surface area contributed by atoms with Crippen LogP contribution < -0.4 is 0 Å². The summed E-state index contributed by atoms with van der Waals surface area (Å²) in [7, 11) is 0. The van der Waals surface area contributed by atoms with Gasteiger partial charge in [-0.05, 0) is 70.5 Å². The summed E-state index contributed by atoms with van der Waals surface area (Å²) in [6, 6.07) is 0. The Morgan fingerprint density at radius 3 is 1.23 bits per heavy atom. The van der Waals surface area contributed by atoms with E-state index < -0.39 is 0 Å². The smallest absolute Gasteiger partial charge is 0.00161 e. The minimum Gasteiger partial charge on any atom is -0.303 e. The predicted molar refractivity (Wildman–Crippen MR) is 179 cm³/mol. The van der Waals surface area contributed by atoms with E-state index >= 15 is 0 Å². The molecule has 0 atom stereocenters. The molecule has 0 bridgehead atoms. The lowest BCUT2D eigenvalue weighted by atomic mass is 9.91. The minimum absolute atomic E-state index is 1.04. The van der Waals surface area contributed by atoms with Gasteiger partial charge in [-0.1, -0.05) is 174 Å². The first-order valence-corrected chi connectivity index (χ1v) is 18.7. The van der Waals surface area contributed by atoms with E-state index in [0.29, 0.717) is 0 Å². The minimum atomic E-state index is 1.04. The van der Waals surface area contributed by atoms with Crippen LogP contribution in [0, 0.1) is 5.92 Å². The lowest BCUT2D eigenvalue weighted by Crippen LogP contribution is -2.34. The van der Waals surface area contributed by atoms with Crippen molar-refractivity contribution in [2.75, 3.05) is 19.6 Å². The lowest BCUT2D eigenvalue weighted by molar-refractivity contribution is 0.174. The average Bonchev–Trinajstić information content (AvgIpc) is 2.96. The monoisotopic (exact) mass is 546 g/mol. The van der Waals surface area contributed by atoms with Crippen molar-refractivity contribution in [3.05, 3.63) is 12.2 Å². The molecular formula is C38H75N. The molecule has 0 aromatic heterocycles. The van der Waals surface area contributed by atoms with E-state index in [2.05, 4.69) is 30.9 Å². The Balaban J connectivity index is 1.76. The SMILES string of the molecule is CCCCCCCC/C=C\CCCCCCCCN1CCC(CCCCCCCCCCCCCCC)CC1. The molecule has 0 aliphatic carbocycles. The standard InChI is InChI=1S/C38H75N/c1-3-5-7-9-11-13-15-17-18-19-21-23-25-27-29-31-35-39-36-33-38(34-37-39)32-30-28-26-24-22-20-16-14-12-10-8-6-4-2/h17-18,38H,3-16,19-37H2,1-2H3/b18-17-. The molecule has 0 unspecified atom stereocenters. The molecule has 1 heterocycles. The van der Waals surface area contributed by atoms with Crippen LogP contribution in [0.5, 0.6) is 0 Å². The highest BCUT2D eigenvalue weighted by Gasteiger charge is 2.18. The van der Waals surface area contributed by atoms with Gasteiger partial charge in [0.05, 0.1) is 0 Å². The summed E-state index contributed by atoms with van der Waals surface area (Å²) in [6.07, 6.45) is 48.3. The number of rotatable bonds is 30. The van der Waals surface area contributed by atoms with Crippen LogP contribution in [0.25, 0.3) is 0 Å². The van der Waals surface area contributed by atoms with Crippen LogP contribution in [0.2, 0.25) is 0 Å². The van der Waals surface area contributed by atoms with Gasteiger partial charge in [-0.3, -0.25) is 0 Å². The molecule has 0 radical (unpaired) electrons. The van der Waals surface area contributed by atoms with Crippen molar-refractivity contribution in [1.82, 2.24) is 4.90 Å². The van der Waals surface area contributed by atoms with Crippen molar-refractivity contribution in [3.63, 3.8) is 0 Å². The number of unbranched alkanes of at least 4 members (excludes halogenated alkanes) is 24. The molecule has 0 spiro atoms. The van der Waals surface area contributed by atoms with E-state index in [1.54, 1.807) is 0 Å². The van der Waals surface area contributed by atoms with Crippen molar-refractivity contribution in [2.24, 2.45) is 5.92 Å². The molecule has 1 rings (SSSR count). The van der Waals surface area contributed by atoms with Crippen molar-refractivity contribution >= 4 is 0 Å². The van der Waals surface area contributed by atoms with Gasteiger partial charge in [-0.25, -0.2) is 0 Å². The Hall–Kier alpha value is -0.300. The molecule has 0 aromatic rings. The first kappa shape index (κ1) is 36.7. The second-order valence-electron chi connectivity index (χ2n) is 13.3. The largest absolute Gasteiger partial charge is 0.303 e. The van der Waals surface area contributed by atoms with E-state index in [1.807, 2.05) is 0 Å². The van der Waals surface area contributed by atoms with Gasteiger partial charge < -0.3 is 4.90 Å². The van der Waals surface area contributed by atoms with Gasteiger partial charge in [0, 0.05) is 0 Å². The summed E-state index contributed by atoms with van der Waals surface area (Å²) in [5.41, 5.74) is 0. The number of piperidine rings is 1. The summed E-state index contributed by atoms with van der Waals surface area (Å²) >= 11 is 0. The van der Waals surface area contributed by atoms with Crippen molar-refractivity contribution in [3.8, 4) is 0 Å². The molecule has 39 heavy (non-hydrogen) atoms. The van der Waals surface area contributed by atoms with E-state index in [4.69, 9.17) is 0 Å². The maximum atomic E-state index is 2.77. The maximum Gasteiger partial charge on any atom is -0.00161 e. The number of hydrogen-bond acceptors (Lipinski definition) is 1. The zero-order valence-corrected chi connectivity index (χ0v) is 27.5. The van der Waals surface area contributed by atoms with E-state index in [1.165, 1.54) is 212 Å². The number of allylic oxidation sites excluding steroid dienone is 2. The molecule has 0 N–H and O–H groups in total. The van der Waals surface area contributed by atoms with Crippen LogP contribution in [0.4, 0.5) is 0 Å². The Morgan fingerprint density at radius 1 is 0.436 bits per heavy atom. The maximum absolute atomic E-state index is 2.77. The number of likely N-dealkylation sites (tertiary alicyclic amines) is 1. The molecule has 1 heteroatoms. The highest BCUT2D eigenvalue weighted by Crippen LogP contribution is 2.24. The van der Waals surface area contributed by atoms with Crippen LogP contribution >= 0.6 is 0 Å². The van der Waals surface area contributed by atoms with Crippen molar-refractivity contribution in [2.45, 2.75) is 206 Å². The first-order chi connectivity index (χ1) is 19.4. The fourth-order valence-corrected chi connectivity index (χ4v) is 6.53. The molecule has 0 aromatic carbocycles. The molecule has 1 nitrogen and oxygen atoms in total. The van der Waals surface area contributed by atoms with Gasteiger partial charge in [-0.2, -0.15) is 0 Å². The highest BCUT2D eigenvalue weighted by molar-refractivity contribution is 4.81. The Bertz CT molecular complexity index is 475. The molecular weight excluding hydrogens is 470 g/mol. The number of nitrogens with zero attached hydrogens (tertiary/aromatic N) is 1. The Kier molecular flexibility index (Phi) is 28.9. The van der Waals surface area contributed by atoms with E-state index in [0.717, 1.165) is 5.92 Å². The second-order valence-corrected chi connectivity index (χ2v) is 13.3. The molecule has 1 aliphatic heterocycles. The van der Waals surface area contributed by atoms with E-state index in [9.17, 15) is 0 Å². The van der Waals surface area contributed by atoms with Crippen LogP contribution in [0.3, 0.4) is 0 Å². The van der Waals surface area contributed by atoms with Gasteiger partial charge in [-0.15, -0.1) is 0 Å². The summed E-state index contributed by atoms with van der Waals surface area (Å²) in [5.74, 6) is 1.04. The summed E-state index contributed by atoms with van der Waals surface area (Å²) in [6.45, 7) is 8.74. The third-order valence-electron chi connectivity index (χ3n) is 9.41. The summed E-state index contributed by atoms with van der Waals surface area (Å²) in [4.78, 5) is 2.77. The summed E-state index contributed by atoms with van der Waals surface area (Å²) < 4.78 is 0. The molecule has 232 valence electrons. The normalized spacial score (nSPS) is 15.1. The third-order valence-corrected chi connectivity index (χ3v) is 9.41. The Morgan fingerprint density at radius 2 is 0.795 bits per heavy atom. The van der Waals surface area contributed by atoms with Crippen molar-refractivity contribution < 1.29 is 0 Å². The Labute approximate surface area is 248 Å². The van der Waals surface area contributed by atoms with Gasteiger partial charge in [0.2, 0.25) is 0 Å². The fraction of sp³-hybridized carbons (Fsp3) is 0.947. The van der Waals surface area contributed by atoms with Crippen molar-refractivity contribution in [1.29, 1.82) is 0 Å².